The number of fused-ring (bicyclic) bond motifs is 1. The summed E-state index contributed by atoms with van der Waals surface area (Å²) < 4.78 is 6.27. The Morgan fingerprint density at radius 2 is 2.00 bits per heavy atom. The van der Waals surface area contributed by atoms with Gasteiger partial charge >= 0.3 is 5.97 Å². The summed E-state index contributed by atoms with van der Waals surface area (Å²) >= 11 is 5.86. The number of halogens is 1. The molecule has 3 aromatic heterocycles. The Morgan fingerprint density at radius 3 is 2.69 bits per heavy atom. The maximum atomic E-state index is 13.2. The standard InChI is InChI=1S/C24H20ClN3O4/c1-12-9-16(14(3)27-18-6-7-19(25)28-20(18)24(30)31)23-17(10-12)21(29)13(2)22(32-23)15-5-4-8-26-11-15/h4-11,14,27H,1-3H3,(H,30,31)/t14-/m1/s1. The van der Waals surface area contributed by atoms with Crippen LogP contribution in [0.3, 0.4) is 0 Å². The van der Waals surface area contributed by atoms with Crippen molar-refractivity contribution in [1.82, 2.24) is 9.97 Å². The third kappa shape index (κ3) is 3.94. The number of aromatic nitrogens is 2. The number of rotatable bonds is 5. The van der Waals surface area contributed by atoms with E-state index in [9.17, 15) is 14.7 Å². The van der Waals surface area contributed by atoms with E-state index in [0.717, 1.165) is 5.56 Å². The first-order valence-corrected chi connectivity index (χ1v) is 10.3. The summed E-state index contributed by atoms with van der Waals surface area (Å²) in [7, 11) is 0. The summed E-state index contributed by atoms with van der Waals surface area (Å²) in [6.45, 7) is 5.49. The van der Waals surface area contributed by atoms with E-state index >= 15 is 0 Å². The van der Waals surface area contributed by atoms with E-state index in [4.69, 9.17) is 16.0 Å². The third-order valence-corrected chi connectivity index (χ3v) is 5.43. The van der Waals surface area contributed by atoms with Crippen LogP contribution in [0.1, 0.15) is 40.1 Å². The van der Waals surface area contributed by atoms with Crippen molar-refractivity contribution in [2.24, 2.45) is 0 Å². The first kappa shape index (κ1) is 21.5. The Bertz CT molecular complexity index is 1400. The van der Waals surface area contributed by atoms with Gasteiger partial charge in [-0.25, -0.2) is 9.78 Å². The molecule has 162 valence electrons. The molecule has 7 nitrogen and oxygen atoms in total. The Balaban J connectivity index is 1.88. The monoisotopic (exact) mass is 449 g/mol. The van der Waals surface area contributed by atoms with Crippen LogP contribution in [0.5, 0.6) is 0 Å². The number of benzene rings is 1. The minimum Gasteiger partial charge on any atom is -0.476 e. The third-order valence-electron chi connectivity index (χ3n) is 5.22. The molecule has 0 fully saturated rings. The lowest BCUT2D eigenvalue weighted by Gasteiger charge is -2.19. The fourth-order valence-corrected chi connectivity index (χ4v) is 3.83. The molecule has 8 heteroatoms. The maximum absolute atomic E-state index is 13.2. The molecular weight excluding hydrogens is 430 g/mol. The highest BCUT2D eigenvalue weighted by Gasteiger charge is 2.21. The van der Waals surface area contributed by atoms with Crippen LogP contribution in [0.2, 0.25) is 5.15 Å². The molecule has 0 aliphatic rings. The van der Waals surface area contributed by atoms with Crippen LogP contribution < -0.4 is 10.7 Å². The van der Waals surface area contributed by atoms with Crippen molar-refractivity contribution >= 4 is 34.2 Å². The van der Waals surface area contributed by atoms with Gasteiger partial charge in [-0.2, -0.15) is 0 Å². The number of hydrogen-bond donors (Lipinski definition) is 2. The van der Waals surface area contributed by atoms with Crippen LogP contribution in [0.15, 0.2) is 58.0 Å². The summed E-state index contributed by atoms with van der Waals surface area (Å²) in [4.78, 5) is 32.8. The summed E-state index contributed by atoms with van der Waals surface area (Å²) in [5.41, 5.74) is 3.23. The van der Waals surface area contributed by atoms with Gasteiger partial charge in [0.05, 0.1) is 17.1 Å². The van der Waals surface area contributed by atoms with Gasteiger partial charge in [-0.15, -0.1) is 0 Å². The molecule has 4 rings (SSSR count). The van der Waals surface area contributed by atoms with E-state index in [0.29, 0.717) is 39.1 Å². The van der Waals surface area contributed by atoms with Crippen molar-refractivity contribution in [1.29, 1.82) is 0 Å². The molecule has 0 bridgehead atoms. The highest BCUT2D eigenvalue weighted by atomic mass is 35.5. The zero-order valence-corrected chi connectivity index (χ0v) is 18.4. The second-order valence-electron chi connectivity index (χ2n) is 7.56. The maximum Gasteiger partial charge on any atom is 0.356 e. The van der Waals surface area contributed by atoms with Crippen molar-refractivity contribution in [3.8, 4) is 11.3 Å². The lowest BCUT2D eigenvalue weighted by Crippen LogP contribution is -2.14. The van der Waals surface area contributed by atoms with Gasteiger partial charge in [0.2, 0.25) is 0 Å². The van der Waals surface area contributed by atoms with Crippen LogP contribution in [-0.4, -0.2) is 21.0 Å². The highest BCUT2D eigenvalue weighted by Crippen LogP contribution is 2.32. The zero-order valence-electron chi connectivity index (χ0n) is 17.6. The Kier molecular flexibility index (Phi) is 5.67. The molecule has 0 aliphatic carbocycles. The molecule has 2 N–H and O–H groups in total. The fraction of sp³-hybridized carbons (Fsp3) is 0.167. The second kappa shape index (κ2) is 8.43. The molecule has 4 aromatic rings. The van der Waals surface area contributed by atoms with Gasteiger partial charge in [0.25, 0.3) is 0 Å². The second-order valence-corrected chi connectivity index (χ2v) is 7.95. The smallest absolute Gasteiger partial charge is 0.356 e. The van der Waals surface area contributed by atoms with Gasteiger partial charge in [-0.05, 0) is 56.7 Å². The molecule has 1 atom stereocenters. The fourth-order valence-electron chi connectivity index (χ4n) is 3.69. The zero-order chi connectivity index (χ0) is 23.0. The predicted octanol–water partition coefficient (Wildman–Crippen LogP) is 5.39. The normalized spacial score (nSPS) is 12.0. The van der Waals surface area contributed by atoms with Gasteiger partial charge in [0, 0.05) is 29.1 Å². The van der Waals surface area contributed by atoms with Gasteiger partial charge in [0.15, 0.2) is 11.1 Å². The molecule has 3 heterocycles. The van der Waals surface area contributed by atoms with Crippen molar-refractivity contribution in [3.05, 3.63) is 86.6 Å². The number of aromatic carboxylic acids is 1. The minimum atomic E-state index is -1.20. The number of carbonyl (C=O) groups is 1. The van der Waals surface area contributed by atoms with Crippen molar-refractivity contribution < 1.29 is 14.3 Å². The van der Waals surface area contributed by atoms with Gasteiger partial charge in [0.1, 0.15) is 16.5 Å². The Labute approximate surface area is 188 Å². The molecule has 0 spiro atoms. The van der Waals surface area contributed by atoms with Gasteiger partial charge in [-0.3, -0.25) is 9.78 Å². The SMILES string of the molecule is Cc1cc([C@@H](C)Nc2ccc(Cl)nc2C(=O)O)c2oc(-c3cccnc3)c(C)c(=O)c2c1. The van der Waals surface area contributed by atoms with E-state index < -0.39 is 12.0 Å². The molecule has 1 aromatic carbocycles. The van der Waals surface area contributed by atoms with Crippen molar-refractivity contribution in [2.45, 2.75) is 26.8 Å². The first-order valence-electron chi connectivity index (χ1n) is 9.91. The molecule has 0 unspecified atom stereocenters. The lowest BCUT2D eigenvalue weighted by molar-refractivity contribution is 0.0691. The summed E-state index contributed by atoms with van der Waals surface area (Å²) in [6, 6.07) is 10.00. The van der Waals surface area contributed by atoms with Crippen molar-refractivity contribution in [3.63, 3.8) is 0 Å². The van der Waals surface area contributed by atoms with E-state index in [2.05, 4.69) is 15.3 Å². The first-order chi connectivity index (χ1) is 15.3. The predicted molar refractivity (Wildman–Crippen MR) is 123 cm³/mol. The average Bonchev–Trinajstić information content (AvgIpc) is 2.77. The van der Waals surface area contributed by atoms with E-state index in [-0.39, 0.29) is 16.3 Å². The molecular formula is C24H20ClN3O4. The van der Waals surface area contributed by atoms with Crippen LogP contribution in [0.25, 0.3) is 22.3 Å². The molecule has 0 aliphatic heterocycles. The number of carboxylic acids is 1. The molecule has 32 heavy (non-hydrogen) atoms. The van der Waals surface area contributed by atoms with Crippen molar-refractivity contribution in [2.75, 3.05) is 5.32 Å². The molecule has 0 saturated heterocycles. The van der Waals surface area contributed by atoms with Gasteiger partial charge < -0.3 is 14.8 Å². The number of pyridine rings is 2. The summed E-state index contributed by atoms with van der Waals surface area (Å²) in [6.07, 6.45) is 3.30. The summed E-state index contributed by atoms with van der Waals surface area (Å²) in [5.74, 6) is -0.746. The minimum absolute atomic E-state index is 0.0872. The molecule has 0 radical (unpaired) electrons. The number of nitrogens with zero attached hydrogens (tertiary/aromatic N) is 2. The molecule has 0 amide bonds. The topological polar surface area (TPSA) is 105 Å². The largest absolute Gasteiger partial charge is 0.476 e. The van der Waals surface area contributed by atoms with E-state index in [1.165, 1.54) is 6.07 Å². The number of carboxylic acid groups (broad SMARTS) is 1. The lowest BCUT2D eigenvalue weighted by atomic mass is 9.99. The Morgan fingerprint density at radius 1 is 1.22 bits per heavy atom. The van der Waals surface area contributed by atoms with Crippen LogP contribution in [0.4, 0.5) is 5.69 Å². The number of hydrogen-bond acceptors (Lipinski definition) is 6. The Hall–Kier alpha value is -3.71. The van der Waals surface area contributed by atoms with Crippen LogP contribution in [0, 0.1) is 13.8 Å². The van der Waals surface area contributed by atoms with E-state index in [1.54, 1.807) is 37.5 Å². The van der Waals surface area contributed by atoms with E-state index in [1.807, 2.05) is 26.0 Å². The van der Waals surface area contributed by atoms with Crippen LogP contribution in [-0.2, 0) is 0 Å². The van der Waals surface area contributed by atoms with Gasteiger partial charge in [-0.1, -0.05) is 17.7 Å². The highest BCUT2D eigenvalue weighted by molar-refractivity contribution is 6.29. The quantitative estimate of drug-likeness (QED) is 0.393. The van der Waals surface area contributed by atoms with Crippen LogP contribution >= 0.6 is 11.6 Å². The number of nitrogens with one attached hydrogen (secondary N) is 1. The summed E-state index contributed by atoms with van der Waals surface area (Å²) in [5, 5.41) is 13.2. The molecule has 0 saturated carbocycles. The number of aryl methyl sites for hydroxylation is 1. The average molecular weight is 450 g/mol. The number of anilines is 1.